The molecule has 108 valence electrons. The molecule has 3 rings (SSSR count). The van der Waals surface area contributed by atoms with Gasteiger partial charge in [-0.3, -0.25) is 0 Å². The molecule has 0 aromatic heterocycles. The monoisotopic (exact) mass is 271 g/mol. The van der Waals surface area contributed by atoms with Crippen molar-refractivity contribution in [3.05, 3.63) is 23.8 Å². The van der Waals surface area contributed by atoms with E-state index in [4.69, 9.17) is 4.74 Å². The molecule has 1 saturated carbocycles. The summed E-state index contributed by atoms with van der Waals surface area (Å²) in [6, 6.07) is 6.71. The Morgan fingerprint density at radius 3 is 2.65 bits per heavy atom. The molecule has 20 heavy (non-hydrogen) atoms. The molecule has 3 heteroatoms. The third kappa shape index (κ3) is 3.38. The van der Waals surface area contributed by atoms with E-state index in [2.05, 4.69) is 31.4 Å². The van der Waals surface area contributed by atoms with E-state index in [9.17, 15) is 0 Å². The van der Waals surface area contributed by atoms with Gasteiger partial charge in [0.05, 0.1) is 6.61 Å². The first-order valence-electron chi connectivity index (χ1n) is 8.27. The van der Waals surface area contributed by atoms with Gasteiger partial charge in [0.1, 0.15) is 13.6 Å². The molecule has 0 unspecified atom stereocenters. The maximum Gasteiger partial charge on any atom is 0.139 e. The number of benzene rings is 1. The number of nitrogens with one attached hydrogen (secondary N) is 1. The van der Waals surface area contributed by atoms with Gasteiger partial charge in [-0.2, -0.15) is 0 Å². The molecule has 0 atom stereocenters. The average Bonchev–Trinajstić information content (AvgIpc) is 2.40. The fraction of sp³-hybridized carbons (Fsp3) is 0.647. The number of rotatable bonds is 5. The van der Waals surface area contributed by atoms with Crippen LogP contribution in [0.4, 0.5) is 0 Å². The lowest BCUT2D eigenvalue weighted by molar-refractivity contribution is 0.247. The summed E-state index contributed by atoms with van der Waals surface area (Å²) in [5.41, 5.74) is 2.82. The van der Waals surface area contributed by atoms with Crippen molar-refractivity contribution in [3.8, 4) is 5.75 Å². The third-order valence-corrected chi connectivity index (χ3v) is 4.95. The minimum Gasteiger partial charge on any atom is -0.493 e. The fourth-order valence-corrected chi connectivity index (χ4v) is 3.34. The van der Waals surface area contributed by atoms with Crippen LogP contribution < -0.4 is 15.5 Å². The highest BCUT2D eigenvalue weighted by Gasteiger charge is 2.23. The van der Waals surface area contributed by atoms with Gasteiger partial charge < -0.3 is 10.1 Å². The second kappa shape index (κ2) is 6.67. The van der Waals surface area contributed by atoms with Crippen LogP contribution in [0.3, 0.4) is 0 Å². The molecule has 1 aliphatic heterocycles. The summed E-state index contributed by atoms with van der Waals surface area (Å²) in [7, 11) is 2.18. The average molecular weight is 271 g/mol. The predicted octanol–water partition coefficient (Wildman–Crippen LogP) is 1.98. The van der Waals surface area contributed by atoms with E-state index in [1.54, 1.807) is 0 Å². The minimum absolute atomic E-state index is 0.754. The quantitative estimate of drug-likeness (QED) is 0.827. The van der Waals surface area contributed by atoms with E-state index in [1.807, 2.05) is 0 Å². The first-order valence-corrected chi connectivity index (χ1v) is 8.27. The van der Waals surface area contributed by atoms with Crippen LogP contribution in [0.25, 0.3) is 0 Å². The van der Waals surface area contributed by atoms with Crippen molar-refractivity contribution >= 4 is 13.3 Å². The molecule has 2 aliphatic rings. The summed E-state index contributed by atoms with van der Waals surface area (Å²) in [6.07, 6.45) is 7.90. The smallest absolute Gasteiger partial charge is 0.139 e. The van der Waals surface area contributed by atoms with E-state index in [-0.39, 0.29) is 0 Å². The van der Waals surface area contributed by atoms with E-state index in [0.29, 0.717) is 0 Å². The number of hydrogen-bond donors (Lipinski definition) is 1. The molecule has 1 aromatic rings. The Hall–Kier alpha value is -0.955. The first-order chi connectivity index (χ1) is 9.83. The van der Waals surface area contributed by atoms with Crippen LogP contribution in [0.15, 0.2) is 18.2 Å². The Bertz CT molecular complexity index is 439. The molecule has 1 heterocycles. The first kappa shape index (κ1) is 14.0. The van der Waals surface area contributed by atoms with Crippen molar-refractivity contribution < 1.29 is 4.74 Å². The topological polar surface area (TPSA) is 21.3 Å². The molecule has 2 nitrogen and oxygen atoms in total. The van der Waals surface area contributed by atoms with Crippen molar-refractivity contribution in [2.45, 2.75) is 44.4 Å². The third-order valence-electron chi connectivity index (χ3n) is 4.95. The van der Waals surface area contributed by atoms with Crippen molar-refractivity contribution in [2.24, 2.45) is 5.92 Å². The summed E-state index contributed by atoms with van der Waals surface area (Å²) in [6.45, 7) is 3.25. The second-order valence-electron chi connectivity index (χ2n) is 6.50. The fourth-order valence-electron chi connectivity index (χ4n) is 3.34. The van der Waals surface area contributed by atoms with Crippen LogP contribution >= 0.6 is 0 Å². The Balaban J connectivity index is 1.56. The zero-order chi connectivity index (χ0) is 13.8. The lowest BCUT2D eigenvalue weighted by atomic mass is 9.78. The zero-order valence-corrected chi connectivity index (χ0v) is 12.7. The van der Waals surface area contributed by atoms with Gasteiger partial charge in [0.25, 0.3) is 0 Å². The van der Waals surface area contributed by atoms with Crippen molar-refractivity contribution in [1.82, 2.24) is 5.32 Å². The second-order valence-corrected chi connectivity index (χ2v) is 6.50. The molecule has 0 spiro atoms. The van der Waals surface area contributed by atoms with Crippen LogP contribution in [0.2, 0.25) is 0 Å². The van der Waals surface area contributed by atoms with E-state index in [1.165, 1.54) is 62.6 Å². The molecule has 1 aromatic carbocycles. The summed E-state index contributed by atoms with van der Waals surface area (Å²) in [5.74, 6) is 2.76. The van der Waals surface area contributed by atoms with Crippen molar-refractivity contribution in [2.75, 3.05) is 19.7 Å². The van der Waals surface area contributed by atoms with Gasteiger partial charge in [-0.15, -0.1) is 0 Å². The van der Waals surface area contributed by atoms with E-state index in [0.717, 1.165) is 24.2 Å². The van der Waals surface area contributed by atoms with Gasteiger partial charge in [-0.1, -0.05) is 24.0 Å². The highest BCUT2D eigenvalue weighted by Crippen LogP contribution is 2.40. The molecule has 2 fully saturated rings. The molecule has 0 radical (unpaired) electrons. The van der Waals surface area contributed by atoms with Crippen LogP contribution in [0, 0.1) is 5.92 Å². The Kier molecular flexibility index (Phi) is 4.67. The van der Waals surface area contributed by atoms with Gasteiger partial charge in [-0.05, 0) is 68.7 Å². The van der Waals surface area contributed by atoms with Crippen molar-refractivity contribution in [3.63, 3.8) is 0 Å². The van der Waals surface area contributed by atoms with Crippen LogP contribution in [0.1, 0.15) is 50.0 Å². The number of hydrogen-bond acceptors (Lipinski definition) is 2. The van der Waals surface area contributed by atoms with Gasteiger partial charge in [-0.25, -0.2) is 0 Å². The predicted molar refractivity (Wildman–Crippen MR) is 86.9 cm³/mol. The molecular weight excluding hydrogens is 245 g/mol. The lowest BCUT2D eigenvalue weighted by Crippen LogP contribution is -2.28. The Labute approximate surface area is 123 Å². The van der Waals surface area contributed by atoms with Gasteiger partial charge in [0.2, 0.25) is 0 Å². The molecule has 1 N–H and O–H groups in total. The molecule has 1 aliphatic carbocycles. The highest BCUT2D eigenvalue weighted by atomic mass is 16.5. The van der Waals surface area contributed by atoms with Gasteiger partial charge in [0, 0.05) is 0 Å². The van der Waals surface area contributed by atoms with E-state index >= 15 is 0 Å². The van der Waals surface area contributed by atoms with Crippen LogP contribution in [-0.2, 0) is 0 Å². The normalized spacial score (nSPS) is 20.6. The summed E-state index contributed by atoms with van der Waals surface area (Å²) in [4.78, 5) is 0. The summed E-state index contributed by atoms with van der Waals surface area (Å²) in [5, 5.41) is 3.43. The molecule has 0 amide bonds. The lowest BCUT2D eigenvalue weighted by Gasteiger charge is -2.28. The van der Waals surface area contributed by atoms with Gasteiger partial charge in [0.15, 0.2) is 0 Å². The Morgan fingerprint density at radius 2 is 1.95 bits per heavy atom. The Morgan fingerprint density at radius 1 is 1.15 bits per heavy atom. The standard InChI is InChI=1S/C17H26BNO/c18-15-4-5-17(16(12-15)14-2-1-3-14)20-11-8-13-6-9-19-10-7-13/h4-5,12-14,19H,1-3,6-11,18H2. The largest absolute Gasteiger partial charge is 0.493 e. The van der Waals surface area contributed by atoms with Crippen molar-refractivity contribution in [1.29, 1.82) is 0 Å². The zero-order valence-electron chi connectivity index (χ0n) is 12.7. The molecular formula is C17H26BNO. The van der Waals surface area contributed by atoms with E-state index < -0.39 is 0 Å². The van der Waals surface area contributed by atoms with Crippen LogP contribution in [-0.4, -0.2) is 27.5 Å². The summed E-state index contributed by atoms with van der Waals surface area (Å²) < 4.78 is 6.13. The summed E-state index contributed by atoms with van der Waals surface area (Å²) >= 11 is 0. The maximum atomic E-state index is 6.13. The number of ether oxygens (including phenoxy) is 1. The number of piperidine rings is 1. The molecule has 1 saturated heterocycles. The highest BCUT2D eigenvalue weighted by molar-refractivity contribution is 6.32. The SMILES string of the molecule is Bc1ccc(OCCC2CCNCC2)c(C2CCC2)c1. The van der Waals surface area contributed by atoms with Gasteiger partial charge >= 0.3 is 0 Å². The minimum atomic E-state index is 0.754. The maximum absolute atomic E-state index is 6.13. The van der Waals surface area contributed by atoms with Crippen LogP contribution in [0.5, 0.6) is 5.75 Å². The molecule has 0 bridgehead atoms.